The molecule has 2 aromatic rings. The number of carbonyl (C=O) groups is 1. The van der Waals surface area contributed by atoms with Crippen LogP contribution in [-0.4, -0.2) is 17.9 Å². The maximum Gasteiger partial charge on any atom is 0.213 e. The minimum absolute atomic E-state index is 0.151. The molecular weight excluding hydrogens is 226 g/mol. The van der Waals surface area contributed by atoms with Gasteiger partial charge in [-0.05, 0) is 23.3 Å². The van der Waals surface area contributed by atoms with Crippen molar-refractivity contribution in [2.75, 3.05) is 7.11 Å². The molecule has 3 heteroatoms. The molecule has 18 heavy (non-hydrogen) atoms. The average molecular weight is 241 g/mol. The number of hydrogen-bond donors (Lipinski definition) is 0. The van der Waals surface area contributed by atoms with Gasteiger partial charge in [-0.1, -0.05) is 25.1 Å². The molecular formula is C15H15NO2. The van der Waals surface area contributed by atoms with E-state index in [9.17, 15) is 4.79 Å². The summed E-state index contributed by atoms with van der Waals surface area (Å²) < 4.78 is 5.10. The van der Waals surface area contributed by atoms with Crippen LogP contribution in [0.1, 0.15) is 23.7 Å². The van der Waals surface area contributed by atoms with E-state index in [4.69, 9.17) is 4.74 Å². The summed E-state index contributed by atoms with van der Waals surface area (Å²) in [5, 5.41) is 0. The summed E-state index contributed by atoms with van der Waals surface area (Å²) in [5.41, 5.74) is 2.73. The summed E-state index contributed by atoms with van der Waals surface area (Å²) in [4.78, 5) is 15.8. The first-order valence-electron chi connectivity index (χ1n) is 5.88. The van der Waals surface area contributed by atoms with E-state index in [2.05, 4.69) is 4.98 Å². The van der Waals surface area contributed by atoms with E-state index in [1.807, 2.05) is 43.3 Å². The summed E-state index contributed by atoms with van der Waals surface area (Å²) in [6.45, 7) is 1.87. The number of ether oxygens (including phenoxy) is 1. The molecule has 0 spiro atoms. The minimum Gasteiger partial charge on any atom is -0.481 e. The predicted octanol–water partition coefficient (Wildman–Crippen LogP) is 3.35. The number of methoxy groups -OCH3 is 1. The van der Waals surface area contributed by atoms with Crippen LogP contribution in [0.4, 0.5) is 0 Å². The van der Waals surface area contributed by atoms with Gasteiger partial charge in [0.2, 0.25) is 5.88 Å². The number of hydrogen-bond acceptors (Lipinski definition) is 3. The third-order valence-corrected chi connectivity index (χ3v) is 2.78. The molecule has 0 fully saturated rings. The van der Waals surface area contributed by atoms with E-state index in [1.165, 1.54) is 0 Å². The van der Waals surface area contributed by atoms with Crippen LogP contribution in [-0.2, 0) is 0 Å². The Morgan fingerprint density at radius 1 is 1.22 bits per heavy atom. The molecule has 0 atom stereocenters. The van der Waals surface area contributed by atoms with Crippen molar-refractivity contribution in [3.63, 3.8) is 0 Å². The van der Waals surface area contributed by atoms with Crippen LogP contribution < -0.4 is 4.74 Å². The SMILES string of the molecule is CCC(=O)c1cccc(-c2ccnc(OC)c2)c1. The van der Waals surface area contributed by atoms with Crippen molar-refractivity contribution in [2.24, 2.45) is 0 Å². The van der Waals surface area contributed by atoms with E-state index in [-0.39, 0.29) is 5.78 Å². The van der Waals surface area contributed by atoms with Gasteiger partial charge in [0.15, 0.2) is 5.78 Å². The summed E-state index contributed by atoms with van der Waals surface area (Å²) in [5.74, 6) is 0.720. The maximum atomic E-state index is 11.7. The molecule has 0 N–H and O–H groups in total. The fourth-order valence-corrected chi connectivity index (χ4v) is 1.78. The molecule has 0 aliphatic rings. The highest BCUT2D eigenvalue weighted by molar-refractivity contribution is 5.97. The molecule has 0 aliphatic carbocycles. The first-order chi connectivity index (χ1) is 8.74. The normalized spacial score (nSPS) is 10.1. The van der Waals surface area contributed by atoms with Crippen LogP contribution in [0.5, 0.6) is 5.88 Å². The van der Waals surface area contributed by atoms with E-state index < -0.39 is 0 Å². The van der Waals surface area contributed by atoms with Gasteiger partial charge in [0, 0.05) is 24.2 Å². The molecule has 0 saturated carbocycles. The Hall–Kier alpha value is -2.16. The highest BCUT2D eigenvalue weighted by Crippen LogP contribution is 2.23. The number of pyridine rings is 1. The third kappa shape index (κ3) is 2.56. The molecule has 0 aliphatic heterocycles. The predicted molar refractivity (Wildman–Crippen MR) is 70.8 cm³/mol. The summed E-state index contributed by atoms with van der Waals surface area (Å²) in [7, 11) is 1.59. The monoisotopic (exact) mass is 241 g/mol. The van der Waals surface area contributed by atoms with E-state index in [0.29, 0.717) is 12.3 Å². The van der Waals surface area contributed by atoms with Crippen molar-refractivity contribution >= 4 is 5.78 Å². The van der Waals surface area contributed by atoms with Crippen molar-refractivity contribution < 1.29 is 9.53 Å². The van der Waals surface area contributed by atoms with Crippen molar-refractivity contribution in [1.82, 2.24) is 4.98 Å². The van der Waals surface area contributed by atoms with Gasteiger partial charge in [-0.15, -0.1) is 0 Å². The molecule has 3 nitrogen and oxygen atoms in total. The number of rotatable bonds is 4. The zero-order valence-corrected chi connectivity index (χ0v) is 10.5. The molecule has 2 rings (SSSR count). The van der Waals surface area contributed by atoms with E-state index in [1.54, 1.807) is 13.3 Å². The van der Waals surface area contributed by atoms with E-state index >= 15 is 0 Å². The summed E-state index contributed by atoms with van der Waals surface area (Å²) >= 11 is 0. The number of Topliss-reactive ketones (excluding diaryl/α,β-unsaturated/α-hetero) is 1. The number of carbonyl (C=O) groups excluding carboxylic acids is 1. The summed E-state index contributed by atoms with van der Waals surface area (Å²) in [6.07, 6.45) is 2.21. The Morgan fingerprint density at radius 3 is 2.72 bits per heavy atom. The topological polar surface area (TPSA) is 39.2 Å². The largest absolute Gasteiger partial charge is 0.481 e. The Kier molecular flexibility index (Phi) is 3.72. The smallest absolute Gasteiger partial charge is 0.213 e. The Labute approximate surface area is 106 Å². The van der Waals surface area contributed by atoms with Crippen molar-refractivity contribution in [1.29, 1.82) is 0 Å². The molecule has 0 unspecified atom stereocenters. The van der Waals surface area contributed by atoms with Gasteiger partial charge in [0.05, 0.1) is 7.11 Å². The standard InChI is InChI=1S/C15H15NO2/c1-3-14(17)13-6-4-5-11(9-13)12-7-8-16-15(10-12)18-2/h4-10H,3H2,1-2H3. The zero-order chi connectivity index (χ0) is 13.0. The first kappa shape index (κ1) is 12.3. The quantitative estimate of drug-likeness (QED) is 0.770. The van der Waals surface area contributed by atoms with Gasteiger partial charge in [-0.25, -0.2) is 4.98 Å². The van der Waals surface area contributed by atoms with Crippen molar-refractivity contribution in [3.8, 4) is 17.0 Å². The molecule has 0 bridgehead atoms. The van der Waals surface area contributed by atoms with Crippen LogP contribution in [0.3, 0.4) is 0 Å². The number of benzene rings is 1. The molecule has 0 radical (unpaired) electrons. The van der Waals surface area contributed by atoms with E-state index in [0.717, 1.165) is 16.7 Å². The number of aromatic nitrogens is 1. The fraction of sp³-hybridized carbons (Fsp3) is 0.200. The number of ketones is 1. The molecule has 1 aromatic heterocycles. The molecule has 1 aromatic carbocycles. The van der Waals surface area contributed by atoms with Crippen LogP contribution in [0.25, 0.3) is 11.1 Å². The van der Waals surface area contributed by atoms with Gasteiger partial charge in [0.1, 0.15) is 0 Å². The average Bonchev–Trinajstić information content (AvgIpc) is 2.46. The zero-order valence-electron chi connectivity index (χ0n) is 10.5. The Balaban J connectivity index is 2.41. The van der Waals surface area contributed by atoms with Crippen molar-refractivity contribution in [3.05, 3.63) is 48.2 Å². The number of nitrogens with zero attached hydrogens (tertiary/aromatic N) is 1. The van der Waals surface area contributed by atoms with Gasteiger partial charge in [0.25, 0.3) is 0 Å². The van der Waals surface area contributed by atoms with Crippen LogP contribution >= 0.6 is 0 Å². The first-order valence-corrected chi connectivity index (χ1v) is 5.88. The molecule has 1 heterocycles. The lowest BCUT2D eigenvalue weighted by molar-refractivity contribution is 0.0988. The maximum absolute atomic E-state index is 11.7. The molecule has 92 valence electrons. The lowest BCUT2D eigenvalue weighted by atomic mass is 10.0. The van der Waals surface area contributed by atoms with Crippen molar-refractivity contribution in [2.45, 2.75) is 13.3 Å². The highest BCUT2D eigenvalue weighted by Gasteiger charge is 2.05. The van der Waals surface area contributed by atoms with Crippen LogP contribution in [0, 0.1) is 0 Å². The Morgan fingerprint density at radius 2 is 2.00 bits per heavy atom. The van der Waals surface area contributed by atoms with Gasteiger partial charge < -0.3 is 4.74 Å². The molecule has 0 saturated heterocycles. The Bertz CT molecular complexity index is 564. The van der Waals surface area contributed by atoms with Crippen LogP contribution in [0.15, 0.2) is 42.6 Å². The van der Waals surface area contributed by atoms with Gasteiger partial charge >= 0.3 is 0 Å². The second kappa shape index (κ2) is 5.45. The highest BCUT2D eigenvalue weighted by atomic mass is 16.5. The molecule has 0 amide bonds. The van der Waals surface area contributed by atoms with Gasteiger partial charge in [-0.2, -0.15) is 0 Å². The summed E-state index contributed by atoms with van der Waals surface area (Å²) in [6, 6.07) is 11.4. The van der Waals surface area contributed by atoms with Crippen LogP contribution in [0.2, 0.25) is 0 Å². The third-order valence-electron chi connectivity index (χ3n) is 2.78. The fourth-order valence-electron chi connectivity index (χ4n) is 1.78. The second-order valence-electron chi connectivity index (χ2n) is 3.94. The minimum atomic E-state index is 0.151. The lowest BCUT2D eigenvalue weighted by Crippen LogP contribution is -1.96. The lowest BCUT2D eigenvalue weighted by Gasteiger charge is -2.05. The van der Waals surface area contributed by atoms with Gasteiger partial charge in [-0.3, -0.25) is 4.79 Å². The second-order valence-corrected chi connectivity index (χ2v) is 3.94.